The third kappa shape index (κ3) is 4.09. The first-order chi connectivity index (χ1) is 13.8. The summed E-state index contributed by atoms with van der Waals surface area (Å²) in [6.07, 6.45) is 3.13. The van der Waals surface area contributed by atoms with Gasteiger partial charge in [-0.25, -0.2) is 0 Å². The molecule has 4 rings (SSSR count). The Labute approximate surface area is 171 Å². The lowest BCUT2D eigenvalue weighted by Gasteiger charge is -2.38. The molecular weight excluding hydrogens is 370 g/mol. The van der Waals surface area contributed by atoms with Crippen LogP contribution in [-0.2, 0) is 9.59 Å². The van der Waals surface area contributed by atoms with Crippen LogP contribution in [0.4, 0.5) is 0 Å². The second-order valence-corrected chi connectivity index (χ2v) is 8.68. The summed E-state index contributed by atoms with van der Waals surface area (Å²) in [6, 6.07) is 5.54. The predicted molar refractivity (Wildman–Crippen MR) is 107 cm³/mol. The Hall–Kier alpha value is -2.57. The molecule has 0 aromatic heterocycles. The number of benzene rings is 1. The fraction of sp³-hybridized carbons (Fsp3) is 0.591. The largest absolute Gasteiger partial charge is 0.467 e. The molecule has 3 heterocycles. The molecule has 1 N–H and O–H groups in total. The standard InChI is InChI=1S/C22H29N3O4/c1-15-6-10-24(11-7-15)20(27)14-25-12-9-22(8-5-19(25)26)23-21(28)17-13-16(2)3-4-18(17)29-22/h3-4,13,15H,5-12,14H2,1-2H3,(H,23,28). The van der Waals surface area contributed by atoms with E-state index >= 15 is 0 Å². The van der Waals surface area contributed by atoms with E-state index in [-0.39, 0.29) is 30.7 Å². The van der Waals surface area contributed by atoms with Gasteiger partial charge in [0.2, 0.25) is 11.8 Å². The van der Waals surface area contributed by atoms with Gasteiger partial charge in [0.25, 0.3) is 5.91 Å². The summed E-state index contributed by atoms with van der Waals surface area (Å²) >= 11 is 0. The van der Waals surface area contributed by atoms with Crippen molar-refractivity contribution in [3.63, 3.8) is 0 Å². The highest BCUT2D eigenvalue weighted by Gasteiger charge is 2.43. The Balaban J connectivity index is 1.43. The summed E-state index contributed by atoms with van der Waals surface area (Å²) in [5.41, 5.74) is 0.622. The molecule has 1 aromatic rings. The Morgan fingerprint density at radius 3 is 2.72 bits per heavy atom. The van der Waals surface area contributed by atoms with Gasteiger partial charge in [0.1, 0.15) is 5.75 Å². The van der Waals surface area contributed by atoms with Crippen LogP contribution in [0.3, 0.4) is 0 Å². The molecule has 2 saturated heterocycles. The van der Waals surface area contributed by atoms with Crippen LogP contribution in [0.15, 0.2) is 18.2 Å². The molecule has 0 bridgehead atoms. The highest BCUT2D eigenvalue weighted by Crippen LogP contribution is 2.34. The molecular formula is C22H29N3O4. The maximum atomic E-state index is 12.7. The summed E-state index contributed by atoms with van der Waals surface area (Å²) in [5, 5.41) is 2.98. The predicted octanol–water partition coefficient (Wildman–Crippen LogP) is 2.08. The van der Waals surface area contributed by atoms with Crippen molar-refractivity contribution in [1.29, 1.82) is 0 Å². The van der Waals surface area contributed by atoms with Crippen LogP contribution in [0.5, 0.6) is 5.75 Å². The summed E-state index contributed by atoms with van der Waals surface area (Å²) in [5.74, 6) is 0.981. The van der Waals surface area contributed by atoms with Crippen LogP contribution in [0.25, 0.3) is 0 Å². The van der Waals surface area contributed by atoms with E-state index in [1.54, 1.807) is 4.90 Å². The third-order valence-electron chi connectivity index (χ3n) is 6.37. The minimum atomic E-state index is -0.895. The zero-order chi connectivity index (χ0) is 20.6. The maximum absolute atomic E-state index is 12.7. The molecule has 1 atom stereocenters. The zero-order valence-corrected chi connectivity index (χ0v) is 17.2. The number of nitrogens with zero attached hydrogens (tertiary/aromatic N) is 2. The van der Waals surface area contributed by atoms with Crippen LogP contribution >= 0.6 is 0 Å². The number of hydrogen-bond acceptors (Lipinski definition) is 4. The fourth-order valence-electron chi connectivity index (χ4n) is 4.37. The number of amides is 3. The SMILES string of the molecule is Cc1ccc2c(c1)C(=O)NC1(CCC(=O)N(CC(=O)N3CCC(C)CC3)CC1)O2. The molecule has 0 radical (unpaired) electrons. The second kappa shape index (κ2) is 7.69. The van der Waals surface area contributed by atoms with Gasteiger partial charge in [-0.1, -0.05) is 18.6 Å². The lowest BCUT2D eigenvalue weighted by Crippen LogP contribution is -2.56. The van der Waals surface area contributed by atoms with E-state index in [9.17, 15) is 14.4 Å². The first-order valence-electron chi connectivity index (χ1n) is 10.5. The first kappa shape index (κ1) is 19.7. The highest BCUT2D eigenvalue weighted by molar-refractivity contribution is 5.98. The molecule has 0 aliphatic carbocycles. The van der Waals surface area contributed by atoms with Crippen molar-refractivity contribution in [2.75, 3.05) is 26.2 Å². The van der Waals surface area contributed by atoms with Gasteiger partial charge in [0.15, 0.2) is 5.72 Å². The normalized spacial score (nSPS) is 25.3. The first-order valence-corrected chi connectivity index (χ1v) is 10.5. The zero-order valence-electron chi connectivity index (χ0n) is 17.2. The molecule has 1 unspecified atom stereocenters. The van der Waals surface area contributed by atoms with Crippen LogP contribution in [-0.4, -0.2) is 59.4 Å². The van der Waals surface area contributed by atoms with Gasteiger partial charge < -0.3 is 19.9 Å². The van der Waals surface area contributed by atoms with Crippen LogP contribution in [0, 0.1) is 12.8 Å². The maximum Gasteiger partial charge on any atom is 0.258 e. The van der Waals surface area contributed by atoms with Crippen LogP contribution in [0.1, 0.15) is 54.9 Å². The number of rotatable bonds is 2. The molecule has 3 aliphatic rings. The molecule has 29 heavy (non-hydrogen) atoms. The van der Waals surface area contributed by atoms with Crippen molar-refractivity contribution in [3.8, 4) is 5.75 Å². The minimum absolute atomic E-state index is 0.00983. The van der Waals surface area contributed by atoms with Gasteiger partial charge in [0.05, 0.1) is 12.1 Å². The van der Waals surface area contributed by atoms with Crippen molar-refractivity contribution >= 4 is 17.7 Å². The average molecular weight is 399 g/mol. The molecule has 3 aliphatic heterocycles. The molecule has 1 spiro atoms. The van der Waals surface area contributed by atoms with E-state index in [1.165, 1.54) is 0 Å². The Kier molecular flexibility index (Phi) is 5.23. The molecule has 7 heteroatoms. The Morgan fingerprint density at radius 1 is 1.21 bits per heavy atom. The fourth-order valence-corrected chi connectivity index (χ4v) is 4.37. The van der Waals surface area contributed by atoms with E-state index in [0.717, 1.165) is 31.5 Å². The third-order valence-corrected chi connectivity index (χ3v) is 6.37. The number of likely N-dealkylation sites (tertiary alicyclic amines) is 2. The van der Waals surface area contributed by atoms with Crippen molar-refractivity contribution < 1.29 is 19.1 Å². The average Bonchev–Trinajstić information content (AvgIpc) is 2.83. The number of aryl methyl sites for hydroxylation is 1. The Bertz CT molecular complexity index is 831. The number of piperidine rings is 1. The Morgan fingerprint density at radius 2 is 1.97 bits per heavy atom. The van der Waals surface area contributed by atoms with Crippen molar-refractivity contribution in [3.05, 3.63) is 29.3 Å². The number of ether oxygens (including phenoxy) is 1. The van der Waals surface area contributed by atoms with Gasteiger partial charge in [-0.05, 0) is 37.8 Å². The van der Waals surface area contributed by atoms with Gasteiger partial charge in [-0.3, -0.25) is 14.4 Å². The van der Waals surface area contributed by atoms with E-state index in [0.29, 0.717) is 36.6 Å². The van der Waals surface area contributed by atoms with Crippen molar-refractivity contribution in [2.45, 2.75) is 51.7 Å². The molecule has 156 valence electrons. The molecule has 1 aromatic carbocycles. The molecule has 3 amide bonds. The van der Waals surface area contributed by atoms with Crippen LogP contribution < -0.4 is 10.1 Å². The lowest BCUT2D eigenvalue weighted by molar-refractivity contribution is -0.141. The van der Waals surface area contributed by atoms with E-state index in [2.05, 4.69) is 12.2 Å². The number of carbonyl (C=O) groups is 3. The number of nitrogens with one attached hydrogen (secondary N) is 1. The van der Waals surface area contributed by atoms with Gasteiger partial charge in [0, 0.05) is 38.9 Å². The minimum Gasteiger partial charge on any atom is -0.467 e. The summed E-state index contributed by atoms with van der Waals surface area (Å²) < 4.78 is 6.19. The quantitative estimate of drug-likeness (QED) is 0.826. The lowest BCUT2D eigenvalue weighted by atomic mass is 9.99. The highest BCUT2D eigenvalue weighted by atomic mass is 16.5. The van der Waals surface area contributed by atoms with E-state index < -0.39 is 5.72 Å². The number of hydrogen-bond donors (Lipinski definition) is 1. The summed E-state index contributed by atoms with van der Waals surface area (Å²) in [6.45, 7) is 6.16. The summed E-state index contributed by atoms with van der Waals surface area (Å²) in [4.78, 5) is 41.5. The smallest absolute Gasteiger partial charge is 0.258 e. The van der Waals surface area contributed by atoms with Gasteiger partial charge in [-0.2, -0.15) is 0 Å². The molecule has 2 fully saturated rings. The number of fused-ring (bicyclic) bond motifs is 1. The number of carbonyl (C=O) groups excluding carboxylic acids is 3. The summed E-state index contributed by atoms with van der Waals surface area (Å²) in [7, 11) is 0. The van der Waals surface area contributed by atoms with E-state index in [4.69, 9.17) is 4.74 Å². The molecule has 0 saturated carbocycles. The monoisotopic (exact) mass is 399 g/mol. The van der Waals surface area contributed by atoms with Crippen LogP contribution in [0.2, 0.25) is 0 Å². The second-order valence-electron chi connectivity index (χ2n) is 8.68. The van der Waals surface area contributed by atoms with Crippen molar-refractivity contribution in [1.82, 2.24) is 15.1 Å². The van der Waals surface area contributed by atoms with Crippen molar-refractivity contribution in [2.24, 2.45) is 5.92 Å². The molecule has 7 nitrogen and oxygen atoms in total. The van der Waals surface area contributed by atoms with Gasteiger partial charge >= 0.3 is 0 Å². The topological polar surface area (TPSA) is 79.0 Å². The van der Waals surface area contributed by atoms with E-state index in [1.807, 2.05) is 30.0 Å². The van der Waals surface area contributed by atoms with Gasteiger partial charge in [-0.15, -0.1) is 0 Å².